The molecule has 39 heavy (non-hydrogen) atoms. The van der Waals surface area contributed by atoms with Crippen molar-refractivity contribution >= 4 is 21.9 Å². The Bertz CT molecular complexity index is 1190. The Kier molecular flexibility index (Phi) is 9.56. The van der Waals surface area contributed by atoms with Gasteiger partial charge in [0.1, 0.15) is 11.4 Å². The SMILES string of the molecule is CCCOc1ccc(S(=O)(=O)N2CCC(CC(=O)OCC)CC2)cc1C1NC(=O)C2=C1CN(CCC)CN2C. The molecule has 3 aliphatic rings. The molecule has 0 radical (unpaired) electrons. The molecule has 0 aliphatic carbocycles. The molecule has 0 bridgehead atoms. The van der Waals surface area contributed by atoms with Crippen molar-refractivity contribution in [2.45, 2.75) is 63.8 Å². The summed E-state index contributed by atoms with van der Waals surface area (Å²) in [5, 5.41) is 3.10. The highest BCUT2D eigenvalue weighted by molar-refractivity contribution is 7.89. The summed E-state index contributed by atoms with van der Waals surface area (Å²) in [4.78, 5) is 29.4. The highest BCUT2D eigenvalue weighted by Crippen LogP contribution is 2.40. The van der Waals surface area contributed by atoms with E-state index in [9.17, 15) is 18.0 Å². The first-order valence-electron chi connectivity index (χ1n) is 14.1. The van der Waals surface area contributed by atoms with Gasteiger partial charge in [-0.05, 0) is 68.8 Å². The summed E-state index contributed by atoms with van der Waals surface area (Å²) in [6.45, 7) is 9.67. The van der Waals surface area contributed by atoms with E-state index < -0.39 is 16.1 Å². The van der Waals surface area contributed by atoms with Crippen LogP contribution in [0.1, 0.15) is 64.5 Å². The lowest BCUT2D eigenvalue weighted by Gasteiger charge is -2.35. The first kappa shape index (κ1) is 29.4. The molecule has 10 nitrogen and oxygen atoms in total. The van der Waals surface area contributed by atoms with Crippen LogP contribution in [-0.2, 0) is 24.3 Å². The molecule has 1 N–H and O–H groups in total. The number of rotatable bonds is 11. The fourth-order valence-electron chi connectivity index (χ4n) is 5.76. The van der Waals surface area contributed by atoms with Crippen LogP contribution in [0.5, 0.6) is 5.75 Å². The molecule has 3 heterocycles. The van der Waals surface area contributed by atoms with Crippen LogP contribution >= 0.6 is 0 Å². The van der Waals surface area contributed by atoms with Crippen LogP contribution in [0, 0.1) is 5.92 Å². The van der Waals surface area contributed by atoms with Crippen LogP contribution in [0.2, 0.25) is 0 Å². The number of piperidine rings is 1. The smallest absolute Gasteiger partial charge is 0.306 e. The maximum atomic E-state index is 13.7. The van der Waals surface area contributed by atoms with Gasteiger partial charge in [0.2, 0.25) is 10.0 Å². The van der Waals surface area contributed by atoms with Crippen molar-refractivity contribution in [3.8, 4) is 5.75 Å². The van der Waals surface area contributed by atoms with Gasteiger partial charge >= 0.3 is 5.97 Å². The van der Waals surface area contributed by atoms with E-state index >= 15 is 0 Å². The second-order valence-corrected chi connectivity index (χ2v) is 12.5. The number of carbonyl (C=O) groups is 2. The van der Waals surface area contributed by atoms with Gasteiger partial charge in [0.15, 0.2) is 0 Å². The Labute approximate surface area is 232 Å². The molecule has 1 fully saturated rings. The summed E-state index contributed by atoms with van der Waals surface area (Å²) in [6, 6.07) is 4.51. The molecule has 1 saturated heterocycles. The number of carbonyl (C=O) groups excluding carboxylic acids is 2. The minimum atomic E-state index is -3.77. The number of amides is 1. The van der Waals surface area contributed by atoms with Crippen molar-refractivity contribution in [1.82, 2.24) is 19.4 Å². The minimum Gasteiger partial charge on any atom is -0.493 e. The van der Waals surface area contributed by atoms with Gasteiger partial charge in [-0.15, -0.1) is 0 Å². The van der Waals surface area contributed by atoms with Crippen molar-refractivity contribution < 1.29 is 27.5 Å². The normalized spacial score (nSPS) is 21.2. The fraction of sp³-hybridized carbons (Fsp3) is 0.643. The average molecular weight is 563 g/mol. The first-order chi connectivity index (χ1) is 18.7. The van der Waals surface area contributed by atoms with Gasteiger partial charge in [-0.2, -0.15) is 4.31 Å². The quantitative estimate of drug-likeness (QED) is 0.410. The van der Waals surface area contributed by atoms with E-state index in [1.807, 2.05) is 18.9 Å². The molecule has 0 saturated carbocycles. The molecule has 1 amide bonds. The molecule has 1 unspecified atom stereocenters. The summed E-state index contributed by atoms with van der Waals surface area (Å²) >= 11 is 0. The van der Waals surface area contributed by atoms with Crippen molar-refractivity contribution in [2.75, 3.05) is 53.1 Å². The molecule has 1 atom stereocenters. The zero-order valence-electron chi connectivity index (χ0n) is 23.6. The third-order valence-corrected chi connectivity index (χ3v) is 9.49. The molecule has 1 aromatic rings. The van der Waals surface area contributed by atoms with E-state index in [0.717, 1.165) is 25.0 Å². The number of hydrogen-bond donors (Lipinski definition) is 1. The van der Waals surface area contributed by atoms with Crippen LogP contribution in [0.4, 0.5) is 0 Å². The average Bonchev–Trinajstić information content (AvgIpc) is 3.24. The summed E-state index contributed by atoms with van der Waals surface area (Å²) in [5.74, 6) is 0.318. The van der Waals surface area contributed by atoms with Crippen molar-refractivity contribution in [1.29, 1.82) is 0 Å². The lowest BCUT2D eigenvalue weighted by atomic mass is 9.95. The maximum absolute atomic E-state index is 13.7. The molecule has 3 aliphatic heterocycles. The number of hydrogen-bond acceptors (Lipinski definition) is 8. The van der Waals surface area contributed by atoms with Crippen LogP contribution < -0.4 is 10.1 Å². The van der Waals surface area contributed by atoms with Crippen molar-refractivity contribution in [3.05, 3.63) is 35.0 Å². The van der Waals surface area contributed by atoms with Crippen LogP contribution in [0.15, 0.2) is 34.4 Å². The van der Waals surface area contributed by atoms with Crippen LogP contribution in [-0.4, -0.2) is 87.5 Å². The highest BCUT2D eigenvalue weighted by Gasteiger charge is 2.40. The van der Waals surface area contributed by atoms with Gasteiger partial charge in [-0.3, -0.25) is 14.5 Å². The lowest BCUT2D eigenvalue weighted by Crippen LogP contribution is -2.43. The predicted molar refractivity (Wildman–Crippen MR) is 147 cm³/mol. The molecule has 216 valence electrons. The Balaban J connectivity index is 1.61. The Morgan fingerprint density at radius 1 is 1.13 bits per heavy atom. The molecular formula is C28H42N4O6S. The maximum Gasteiger partial charge on any atom is 0.306 e. The standard InChI is InChI=1S/C28H42N4O6S/c1-5-12-31-18-23-26(29-28(34)27(23)30(4)19-31)22-17-21(8-9-24(22)38-15-6-2)39(35,36)32-13-10-20(11-14-32)16-25(33)37-7-3/h8-9,17,20,26H,5-7,10-16,18-19H2,1-4H3,(H,29,34). The van der Waals surface area contributed by atoms with E-state index in [2.05, 4.69) is 17.1 Å². The van der Waals surface area contributed by atoms with E-state index in [0.29, 0.717) is 75.8 Å². The number of benzene rings is 1. The molecular weight excluding hydrogens is 520 g/mol. The summed E-state index contributed by atoms with van der Waals surface area (Å²) < 4.78 is 40.1. The molecule has 11 heteroatoms. The number of sulfonamides is 1. The summed E-state index contributed by atoms with van der Waals surface area (Å²) in [6.07, 6.45) is 3.34. The summed E-state index contributed by atoms with van der Waals surface area (Å²) in [5.41, 5.74) is 2.26. The first-order valence-corrected chi connectivity index (χ1v) is 15.5. The largest absolute Gasteiger partial charge is 0.493 e. The number of nitrogens with zero attached hydrogens (tertiary/aromatic N) is 3. The third-order valence-electron chi connectivity index (χ3n) is 7.60. The second kappa shape index (κ2) is 12.7. The molecule has 0 aromatic heterocycles. The number of esters is 1. The van der Waals surface area contributed by atoms with Gasteiger partial charge in [0, 0.05) is 38.7 Å². The highest BCUT2D eigenvalue weighted by atomic mass is 32.2. The van der Waals surface area contributed by atoms with E-state index in [1.165, 1.54) is 4.31 Å². The van der Waals surface area contributed by atoms with Crippen molar-refractivity contribution in [2.24, 2.45) is 5.92 Å². The number of ether oxygens (including phenoxy) is 2. The van der Waals surface area contributed by atoms with Gasteiger partial charge in [-0.1, -0.05) is 13.8 Å². The van der Waals surface area contributed by atoms with Crippen LogP contribution in [0.25, 0.3) is 0 Å². The van der Waals surface area contributed by atoms with Crippen molar-refractivity contribution in [3.63, 3.8) is 0 Å². The predicted octanol–water partition coefficient (Wildman–Crippen LogP) is 2.87. The Hall–Kier alpha value is -2.63. The Morgan fingerprint density at radius 2 is 1.87 bits per heavy atom. The van der Waals surface area contributed by atoms with Gasteiger partial charge in [0.05, 0.1) is 30.8 Å². The van der Waals surface area contributed by atoms with Crippen LogP contribution in [0.3, 0.4) is 0 Å². The second-order valence-electron chi connectivity index (χ2n) is 10.6. The summed E-state index contributed by atoms with van der Waals surface area (Å²) in [7, 11) is -1.86. The Morgan fingerprint density at radius 3 is 2.54 bits per heavy atom. The lowest BCUT2D eigenvalue weighted by molar-refractivity contribution is -0.144. The molecule has 0 spiro atoms. The fourth-order valence-corrected chi connectivity index (χ4v) is 7.27. The van der Waals surface area contributed by atoms with Gasteiger partial charge in [0.25, 0.3) is 5.91 Å². The minimum absolute atomic E-state index is 0.115. The van der Waals surface area contributed by atoms with E-state index in [1.54, 1.807) is 25.1 Å². The number of likely N-dealkylation sites (N-methyl/N-ethyl adjacent to an activating group) is 1. The molecule has 4 rings (SSSR count). The molecule has 1 aromatic carbocycles. The zero-order valence-corrected chi connectivity index (χ0v) is 24.4. The third kappa shape index (κ3) is 6.41. The van der Waals surface area contributed by atoms with Gasteiger partial charge < -0.3 is 19.7 Å². The monoisotopic (exact) mass is 562 g/mol. The topological polar surface area (TPSA) is 108 Å². The zero-order chi connectivity index (χ0) is 28.2. The van der Waals surface area contributed by atoms with E-state index in [-0.39, 0.29) is 22.7 Å². The number of nitrogens with one attached hydrogen (secondary N) is 1. The van der Waals surface area contributed by atoms with Gasteiger partial charge in [-0.25, -0.2) is 8.42 Å². The van der Waals surface area contributed by atoms with E-state index in [4.69, 9.17) is 9.47 Å².